The fraction of sp³-hybridized carbons (Fsp3) is 0.500. The molecule has 0 atom stereocenters. The van der Waals surface area contributed by atoms with Gasteiger partial charge >= 0.3 is 0 Å². The van der Waals surface area contributed by atoms with Crippen LogP contribution < -0.4 is 0 Å². The minimum Gasteiger partial charge on any atom is -0.457 e. The van der Waals surface area contributed by atoms with E-state index in [1.807, 2.05) is 0 Å². The maximum Gasteiger partial charge on any atom is 0.293 e. The number of carbonyl (C=O) groups excluding carboxylic acids is 1. The lowest BCUT2D eigenvalue weighted by Crippen LogP contribution is -2.07. The van der Waals surface area contributed by atoms with Crippen molar-refractivity contribution in [3.63, 3.8) is 0 Å². The molecule has 0 amide bonds. The van der Waals surface area contributed by atoms with Crippen molar-refractivity contribution in [3.8, 4) is 0 Å². The first-order valence-electron chi connectivity index (χ1n) is 2.58. The molecule has 0 aromatic carbocycles. The molecule has 1 aliphatic carbocycles. The summed E-state index contributed by atoms with van der Waals surface area (Å²) in [6.45, 7) is 4.01. The van der Waals surface area contributed by atoms with Gasteiger partial charge in [-0.2, -0.15) is 0 Å². The van der Waals surface area contributed by atoms with Crippen LogP contribution >= 0.6 is 0 Å². The first-order chi connectivity index (χ1) is 3.83. The second-order valence-corrected chi connectivity index (χ2v) is 1.98. The van der Waals surface area contributed by atoms with E-state index in [4.69, 9.17) is 4.74 Å². The van der Waals surface area contributed by atoms with Gasteiger partial charge in [0.05, 0.1) is 0 Å². The van der Waals surface area contributed by atoms with Crippen molar-refractivity contribution >= 4 is 6.47 Å². The summed E-state index contributed by atoms with van der Waals surface area (Å²) < 4.78 is 4.69. The highest BCUT2D eigenvalue weighted by molar-refractivity contribution is 5.40. The fourth-order valence-electron chi connectivity index (χ4n) is 0.589. The van der Waals surface area contributed by atoms with E-state index in [0.29, 0.717) is 6.47 Å². The van der Waals surface area contributed by atoms with Crippen molar-refractivity contribution in [1.82, 2.24) is 0 Å². The van der Waals surface area contributed by atoms with Crippen LogP contribution in [-0.2, 0) is 9.53 Å². The molecule has 0 unspecified atom stereocenters. The maximum atomic E-state index is 9.75. The lowest BCUT2D eigenvalue weighted by molar-refractivity contribution is -0.132. The van der Waals surface area contributed by atoms with E-state index in [9.17, 15) is 4.79 Å². The van der Waals surface area contributed by atoms with Crippen molar-refractivity contribution < 1.29 is 9.53 Å². The first kappa shape index (κ1) is 5.35. The van der Waals surface area contributed by atoms with Crippen molar-refractivity contribution in [2.75, 3.05) is 0 Å². The highest BCUT2D eigenvalue weighted by Crippen LogP contribution is 2.39. The summed E-state index contributed by atoms with van der Waals surface area (Å²) >= 11 is 0. The molecule has 0 radical (unpaired) electrons. The molecule has 1 saturated carbocycles. The van der Waals surface area contributed by atoms with E-state index in [1.165, 1.54) is 0 Å². The average molecular weight is 112 g/mol. The maximum absolute atomic E-state index is 9.75. The molecular formula is C6H8O2. The summed E-state index contributed by atoms with van der Waals surface area (Å²) in [5, 5.41) is 0. The third-order valence-electron chi connectivity index (χ3n) is 1.40. The lowest BCUT2D eigenvalue weighted by atomic mass is 10.3. The van der Waals surface area contributed by atoms with Crippen LogP contribution in [0.15, 0.2) is 12.7 Å². The van der Waals surface area contributed by atoms with E-state index >= 15 is 0 Å². The summed E-state index contributed by atoms with van der Waals surface area (Å²) in [7, 11) is 0. The topological polar surface area (TPSA) is 26.3 Å². The van der Waals surface area contributed by atoms with Crippen LogP contribution in [0.4, 0.5) is 0 Å². The Hall–Kier alpha value is -0.790. The van der Waals surface area contributed by atoms with Gasteiger partial charge in [-0.15, -0.1) is 0 Å². The summed E-state index contributed by atoms with van der Waals surface area (Å²) in [6, 6.07) is 0. The van der Waals surface area contributed by atoms with Crippen LogP contribution in [0.1, 0.15) is 12.8 Å². The summed E-state index contributed by atoms with van der Waals surface area (Å²) in [4.78, 5) is 9.75. The quantitative estimate of drug-likeness (QED) is 0.400. The zero-order chi connectivity index (χ0) is 6.04. The van der Waals surface area contributed by atoms with E-state index in [-0.39, 0.29) is 5.60 Å². The Morgan fingerprint density at radius 1 is 1.62 bits per heavy atom. The van der Waals surface area contributed by atoms with Gasteiger partial charge in [-0.1, -0.05) is 6.58 Å². The molecule has 0 aliphatic heterocycles. The van der Waals surface area contributed by atoms with Gasteiger partial charge in [0.15, 0.2) is 0 Å². The number of carbonyl (C=O) groups is 1. The van der Waals surface area contributed by atoms with Gasteiger partial charge in [0, 0.05) is 0 Å². The minimum atomic E-state index is -0.262. The molecule has 1 rings (SSSR count). The molecule has 0 bridgehead atoms. The molecular weight excluding hydrogens is 104 g/mol. The van der Waals surface area contributed by atoms with E-state index < -0.39 is 0 Å². The molecule has 8 heavy (non-hydrogen) atoms. The predicted molar refractivity (Wildman–Crippen MR) is 29.3 cm³/mol. The van der Waals surface area contributed by atoms with Crippen LogP contribution in [-0.4, -0.2) is 12.1 Å². The normalized spacial score (nSPS) is 21.5. The van der Waals surface area contributed by atoms with E-state index in [1.54, 1.807) is 6.08 Å². The average Bonchev–Trinajstić information content (AvgIpc) is 2.50. The first-order valence-corrected chi connectivity index (χ1v) is 2.58. The van der Waals surface area contributed by atoms with Crippen LogP contribution in [0.25, 0.3) is 0 Å². The SMILES string of the molecule is C=CC1(OC=O)CC1. The van der Waals surface area contributed by atoms with Crippen molar-refractivity contribution in [2.45, 2.75) is 18.4 Å². The highest BCUT2D eigenvalue weighted by Gasteiger charge is 2.41. The van der Waals surface area contributed by atoms with Gasteiger partial charge in [-0.05, 0) is 18.9 Å². The standard InChI is InChI=1S/C6H8O2/c1-2-6(3-4-6)8-5-7/h2,5H,1,3-4H2. The van der Waals surface area contributed by atoms with Crippen LogP contribution in [0.5, 0.6) is 0 Å². The highest BCUT2D eigenvalue weighted by atomic mass is 16.5. The van der Waals surface area contributed by atoms with Crippen LogP contribution in [0, 0.1) is 0 Å². The van der Waals surface area contributed by atoms with Crippen LogP contribution in [0.3, 0.4) is 0 Å². The Balaban J connectivity index is 2.40. The Bertz CT molecular complexity index is 114. The smallest absolute Gasteiger partial charge is 0.293 e. The van der Waals surface area contributed by atoms with Crippen molar-refractivity contribution in [3.05, 3.63) is 12.7 Å². The Labute approximate surface area is 48.1 Å². The van der Waals surface area contributed by atoms with E-state index in [2.05, 4.69) is 6.58 Å². The molecule has 0 heterocycles. The minimum absolute atomic E-state index is 0.262. The Morgan fingerprint density at radius 3 is 2.38 bits per heavy atom. The van der Waals surface area contributed by atoms with Gasteiger partial charge in [0.2, 0.25) is 0 Å². The van der Waals surface area contributed by atoms with Gasteiger partial charge in [0.25, 0.3) is 6.47 Å². The third kappa shape index (κ3) is 0.735. The van der Waals surface area contributed by atoms with Gasteiger partial charge in [-0.25, -0.2) is 0 Å². The molecule has 1 fully saturated rings. The molecule has 2 nitrogen and oxygen atoms in total. The van der Waals surface area contributed by atoms with Crippen molar-refractivity contribution in [2.24, 2.45) is 0 Å². The third-order valence-corrected chi connectivity index (χ3v) is 1.40. The molecule has 0 spiro atoms. The lowest BCUT2D eigenvalue weighted by Gasteiger charge is -2.03. The molecule has 0 saturated heterocycles. The largest absolute Gasteiger partial charge is 0.457 e. The van der Waals surface area contributed by atoms with E-state index in [0.717, 1.165) is 12.8 Å². The molecule has 1 aliphatic rings. The van der Waals surface area contributed by atoms with Gasteiger partial charge in [0.1, 0.15) is 5.60 Å². The Kier molecular flexibility index (Phi) is 1.08. The van der Waals surface area contributed by atoms with Gasteiger partial charge in [-0.3, -0.25) is 4.79 Å². The molecule has 0 N–H and O–H groups in total. The molecule has 2 heteroatoms. The summed E-state index contributed by atoms with van der Waals surface area (Å²) in [5.41, 5.74) is -0.262. The zero-order valence-electron chi connectivity index (χ0n) is 4.59. The molecule has 44 valence electrons. The fourth-order valence-corrected chi connectivity index (χ4v) is 0.589. The summed E-state index contributed by atoms with van der Waals surface area (Å²) in [5.74, 6) is 0. The summed E-state index contributed by atoms with van der Waals surface area (Å²) in [6.07, 6.45) is 3.56. The second kappa shape index (κ2) is 1.62. The second-order valence-electron chi connectivity index (χ2n) is 1.98. The van der Waals surface area contributed by atoms with Gasteiger partial charge < -0.3 is 4.74 Å². The van der Waals surface area contributed by atoms with Crippen LogP contribution in [0.2, 0.25) is 0 Å². The number of hydrogen-bond acceptors (Lipinski definition) is 2. The molecule has 0 aromatic heterocycles. The predicted octanol–water partition coefficient (Wildman–Crippen LogP) is 0.878. The number of ether oxygens (including phenoxy) is 1. The Morgan fingerprint density at radius 2 is 2.25 bits per heavy atom. The zero-order valence-corrected chi connectivity index (χ0v) is 4.59. The number of hydrogen-bond donors (Lipinski definition) is 0. The molecule has 0 aromatic rings. The number of rotatable bonds is 3. The van der Waals surface area contributed by atoms with Crippen molar-refractivity contribution in [1.29, 1.82) is 0 Å². The monoisotopic (exact) mass is 112 g/mol.